The summed E-state index contributed by atoms with van der Waals surface area (Å²) < 4.78 is 5.76. The van der Waals surface area contributed by atoms with Crippen LogP contribution in [0.5, 0.6) is 5.75 Å². The number of carbonyl (C=O) groups is 1. The molecule has 0 fully saturated rings. The number of carboxylic acid groups (broad SMARTS) is 1. The van der Waals surface area contributed by atoms with Gasteiger partial charge in [0.25, 0.3) is 0 Å². The average Bonchev–Trinajstić information content (AvgIpc) is 2.71. The Kier molecular flexibility index (Phi) is 6.14. The number of hydrogen-bond acceptors (Lipinski definition) is 3. The van der Waals surface area contributed by atoms with Crippen LogP contribution >= 0.6 is 0 Å². The van der Waals surface area contributed by atoms with E-state index in [1.807, 2.05) is 72.8 Å². The number of hydrogen-bond donors (Lipinski definition) is 4. The fraction of sp³-hybridized carbons (Fsp3) is 0.130. The number of guanidine groups is 1. The molecule has 1 unspecified atom stereocenters. The molecule has 0 bridgehead atoms. The summed E-state index contributed by atoms with van der Waals surface area (Å²) in [4.78, 5) is 11.6. The summed E-state index contributed by atoms with van der Waals surface area (Å²) in [6.45, 7) is 0. The number of carboxylic acids is 1. The van der Waals surface area contributed by atoms with E-state index < -0.39 is 5.97 Å². The average molecular weight is 389 g/mol. The highest BCUT2D eigenvalue weighted by molar-refractivity contribution is 5.90. The topological polar surface area (TPSA) is 108 Å². The van der Waals surface area contributed by atoms with E-state index in [0.29, 0.717) is 11.4 Å². The van der Waals surface area contributed by atoms with Gasteiger partial charge in [-0.25, -0.2) is 0 Å². The van der Waals surface area contributed by atoms with Crippen LogP contribution in [0.2, 0.25) is 0 Å². The summed E-state index contributed by atoms with van der Waals surface area (Å²) in [7, 11) is 1.59. The summed E-state index contributed by atoms with van der Waals surface area (Å²) in [5, 5.41) is 19.7. The zero-order valence-electron chi connectivity index (χ0n) is 16.1. The zero-order valence-corrected chi connectivity index (χ0v) is 16.1. The number of nitrogens with two attached hydrogens (primary N) is 1. The molecule has 0 amide bonds. The maximum Gasteiger partial charge on any atom is 0.304 e. The fourth-order valence-electron chi connectivity index (χ4n) is 3.47. The Balaban J connectivity index is 2.12. The Morgan fingerprint density at radius 1 is 1.10 bits per heavy atom. The van der Waals surface area contributed by atoms with E-state index in [0.717, 1.165) is 22.3 Å². The normalized spacial score (nSPS) is 11.5. The summed E-state index contributed by atoms with van der Waals surface area (Å²) in [6.07, 6.45) is -0.0459. The number of aliphatic carboxylic acids is 1. The molecule has 0 aromatic heterocycles. The molecule has 148 valence electrons. The van der Waals surface area contributed by atoms with E-state index in [1.54, 1.807) is 7.11 Å². The second kappa shape index (κ2) is 8.93. The summed E-state index contributed by atoms with van der Waals surface area (Å²) in [5.74, 6) is -0.739. The molecule has 3 aromatic carbocycles. The van der Waals surface area contributed by atoms with Crippen LogP contribution in [0, 0.1) is 5.41 Å². The van der Waals surface area contributed by atoms with E-state index in [9.17, 15) is 9.90 Å². The monoisotopic (exact) mass is 389 g/mol. The molecule has 0 spiro atoms. The molecule has 0 aliphatic carbocycles. The van der Waals surface area contributed by atoms with Gasteiger partial charge in [0.05, 0.1) is 13.5 Å². The molecule has 0 radical (unpaired) electrons. The Labute approximate surface area is 169 Å². The van der Waals surface area contributed by atoms with Crippen molar-refractivity contribution in [2.24, 2.45) is 5.73 Å². The van der Waals surface area contributed by atoms with Crippen LogP contribution in [-0.4, -0.2) is 24.1 Å². The van der Waals surface area contributed by atoms with Crippen LogP contribution in [-0.2, 0) is 4.79 Å². The molecule has 29 heavy (non-hydrogen) atoms. The Morgan fingerprint density at radius 3 is 2.48 bits per heavy atom. The zero-order chi connectivity index (χ0) is 20.8. The maximum atomic E-state index is 11.6. The molecule has 3 rings (SSSR count). The minimum Gasteiger partial charge on any atom is -0.496 e. The molecule has 0 saturated heterocycles. The highest BCUT2D eigenvalue weighted by atomic mass is 16.5. The van der Waals surface area contributed by atoms with Gasteiger partial charge in [-0.3, -0.25) is 10.2 Å². The number of methoxy groups -OCH3 is 1. The van der Waals surface area contributed by atoms with Gasteiger partial charge in [0.15, 0.2) is 5.96 Å². The van der Waals surface area contributed by atoms with Crippen molar-refractivity contribution >= 4 is 17.6 Å². The van der Waals surface area contributed by atoms with E-state index in [2.05, 4.69) is 5.32 Å². The van der Waals surface area contributed by atoms with Crippen molar-refractivity contribution in [1.82, 2.24) is 0 Å². The second-order valence-electron chi connectivity index (χ2n) is 6.61. The van der Waals surface area contributed by atoms with Crippen LogP contribution in [0.15, 0.2) is 72.8 Å². The standard InChI is InChI=1S/C23H23N3O3/c1-29-22-18(16-9-5-10-17(13-16)26-23(24)25)11-6-12-19(22)20(14-21(27)28)15-7-3-2-4-8-15/h2-13,20H,14H2,1H3,(H,27,28)(H4,24,25,26). The molecule has 3 aromatic rings. The molecule has 6 heteroatoms. The molecular weight excluding hydrogens is 366 g/mol. The van der Waals surface area contributed by atoms with E-state index >= 15 is 0 Å². The van der Waals surface area contributed by atoms with Gasteiger partial charge < -0.3 is 20.9 Å². The van der Waals surface area contributed by atoms with Gasteiger partial charge in [-0.15, -0.1) is 0 Å². The Hall–Kier alpha value is -3.80. The van der Waals surface area contributed by atoms with Crippen molar-refractivity contribution < 1.29 is 14.6 Å². The van der Waals surface area contributed by atoms with Gasteiger partial charge in [0, 0.05) is 22.7 Å². The van der Waals surface area contributed by atoms with Crippen LogP contribution in [0.25, 0.3) is 11.1 Å². The van der Waals surface area contributed by atoms with Crippen LogP contribution in [0.3, 0.4) is 0 Å². The number of ether oxygens (including phenoxy) is 1. The number of para-hydroxylation sites is 1. The SMILES string of the molecule is COc1c(-c2cccc(NC(=N)N)c2)cccc1C(CC(=O)O)c1ccccc1. The minimum atomic E-state index is -0.876. The lowest BCUT2D eigenvalue weighted by Gasteiger charge is -2.21. The second-order valence-corrected chi connectivity index (χ2v) is 6.61. The van der Waals surface area contributed by atoms with E-state index in [4.69, 9.17) is 15.9 Å². The molecule has 0 aliphatic rings. The van der Waals surface area contributed by atoms with Gasteiger partial charge in [0.1, 0.15) is 5.75 Å². The largest absolute Gasteiger partial charge is 0.496 e. The van der Waals surface area contributed by atoms with Crippen molar-refractivity contribution in [2.45, 2.75) is 12.3 Å². The highest BCUT2D eigenvalue weighted by Gasteiger charge is 2.23. The number of rotatable bonds is 7. The van der Waals surface area contributed by atoms with Crippen LogP contribution in [0.1, 0.15) is 23.5 Å². The first-order valence-corrected chi connectivity index (χ1v) is 9.14. The van der Waals surface area contributed by atoms with Crippen LogP contribution < -0.4 is 15.8 Å². The first kappa shape index (κ1) is 19.9. The van der Waals surface area contributed by atoms with Crippen molar-refractivity contribution in [3.63, 3.8) is 0 Å². The predicted octanol–water partition coefficient (Wildman–Crippen LogP) is 4.27. The minimum absolute atomic E-state index is 0.0459. The first-order chi connectivity index (χ1) is 14.0. The Morgan fingerprint density at radius 2 is 1.83 bits per heavy atom. The summed E-state index contributed by atoms with van der Waals surface area (Å²) in [6, 6.07) is 22.8. The Bertz CT molecular complexity index is 1020. The van der Waals surface area contributed by atoms with Gasteiger partial charge in [-0.1, -0.05) is 60.7 Å². The van der Waals surface area contributed by atoms with Crippen molar-refractivity contribution in [3.8, 4) is 16.9 Å². The van der Waals surface area contributed by atoms with Crippen molar-refractivity contribution in [3.05, 3.63) is 83.9 Å². The molecule has 0 aliphatic heterocycles. The number of benzene rings is 3. The van der Waals surface area contributed by atoms with Crippen LogP contribution in [0.4, 0.5) is 5.69 Å². The molecular formula is C23H23N3O3. The third-order valence-corrected chi connectivity index (χ3v) is 4.66. The van der Waals surface area contributed by atoms with Crippen molar-refractivity contribution in [2.75, 3.05) is 12.4 Å². The lowest BCUT2D eigenvalue weighted by molar-refractivity contribution is -0.137. The molecule has 0 heterocycles. The first-order valence-electron chi connectivity index (χ1n) is 9.14. The lowest BCUT2D eigenvalue weighted by Crippen LogP contribution is -2.20. The summed E-state index contributed by atoms with van der Waals surface area (Å²) in [5.41, 5.74) is 9.56. The van der Waals surface area contributed by atoms with Gasteiger partial charge in [-0.2, -0.15) is 0 Å². The summed E-state index contributed by atoms with van der Waals surface area (Å²) >= 11 is 0. The molecule has 5 N–H and O–H groups in total. The smallest absolute Gasteiger partial charge is 0.304 e. The number of anilines is 1. The molecule has 6 nitrogen and oxygen atoms in total. The lowest BCUT2D eigenvalue weighted by atomic mass is 9.86. The van der Waals surface area contributed by atoms with Gasteiger partial charge in [-0.05, 0) is 23.3 Å². The van der Waals surface area contributed by atoms with Crippen molar-refractivity contribution in [1.29, 1.82) is 5.41 Å². The van der Waals surface area contributed by atoms with E-state index in [1.165, 1.54) is 0 Å². The third kappa shape index (κ3) is 4.73. The molecule has 0 saturated carbocycles. The van der Waals surface area contributed by atoms with Gasteiger partial charge >= 0.3 is 5.97 Å². The highest BCUT2D eigenvalue weighted by Crippen LogP contribution is 2.41. The van der Waals surface area contributed by atoms with E-state index in [-0.39, 0.29) is 18.3 Å². The van der Waals surface area contributed by atoms with Gasteiger partial charge in [0.2, 0.25) is 0 Å². The number of nitrogens with one attached hydrogen (secondary N) is 2. The quantitative estimate of drug-likeness (QED) is 0.356. The third-order valence-electron chi connectivity index (χ3n) is 4.66. The molecule has 1 atom stereocenters. The fourth-order valence-corrected chi connectivity index (χ4v) is 3.47. The predicted molar refractivity (Wildman–Crippen MR) is 115 cm³/mol. The maximum absolute atomic E-state index is 11.6.